The van der Waals surface area contributed by atoms with Crippen molar-refractivity contribution < 1.29 is 29.0 Å². The summed E-state index contributed by atoms with van der Waals surface area (Å²) in [6.45, 7) is 6.78. The molecule has 0 aromatic heterocycles. The molecule has 258 valence electrons. The number of nitrogens with zero attached hydrogens (tertiary/aromatic N) is 2. The maximum atomic E-state index is 14.4. The minimum Gasteiger partial charge on any atom is -0.490 e. The quantitative estimate of drug-likeness (QED) is 0.340. The van der Waals surface area contributed by atoms with E-state index in [4.69, 9.17) is 9.47 Å². The van der Waals surface area contributed by atoms with Crippen LogP contribution in [0.5, 0.6) is 5.75 Å². The zero-order valence-electron chi connectivity index (χ0n) is 28.6. The Balaban J connectivity index is 1.56. The summed E-state index contributed by atoms with van der Waals surface area (Å²) in [5, 5.41) is 16.2. The highest BCUT2D eigenvalue weighted by Gasteiger charge is 2.31. The van der Waals surface area contributed by atoms with Crippen molar-refractivity contribution in [3.8, 4) is 5.75 Å². The summed E-state index contributed by atoms with van der Waals surface area (Å²) in [5.41, 5.74) is 1.77. The van der Waals surface area contributed by atoms with Crippen molar-refractivity contribution in [1.82, 2.24) is 15.1 Å². The lowest BCUT2D eigenvalue weighted by Crippen LogP contribution is -2.48. The molecule has 0 bridgehead atoms. The van der Waals surface area contributed by atoms with Crippen molar-refractivity contribution in [3.05, 3.63) is 59.7 Å². The molecule has 1 saturated carbocycles. The number of urea groups is 1. The Kier molecular flexibility index (Phi) is 13.9. The molecule has 4 amide bonds. The number of hydrogen-bond donors (Lipinski definition) is 3. The fourth-order valence-electron chi connectivity index (χ4n) is 6.34. The van der Waals surface area contributed by atoms with E-state index in [2.05, 4.69) is 10.6 Å². The summed E-state index contributed by atoms with van der Waals surface area (Å²) in [6, 6.07) is 14.2. The molecule has 47 heavy (non-hydrogen) atoms. The van der Waals surface area contributed by atoms with E-state index in [0.717, 1.165) is 50.5 Å². The molecule has 2 aromatic carbocycles. The van der Waals surface area contributed by atoms with E-state index < -0.39 is 6.04 Å². The van der Waals surface area contributed by atoms with Crippen molar-refractivity contribution in [2.24, 2.45) is 5.92 Å². The van der Waals surface area contributed by atoms with Gasteiger partial charge in [-0.1, -0.05) is 56.5 Å². The Bertz CT molecular complexity index is 1300. The van der Waals surface area contributed by atoms with E-state index >= 15 is 0 Å². The van der Waals surface area contributed by atoms with Gasteiger partial charge in [0.05, 0.1) is 36.8 Å². The van der Waals surface area contributed by atoms with Crippen molar-refractivity contribution in [3.63, 3.8) is 0 Å². The van der Waals surface area contributed by atoms with E-state index in [-0.39, 0.29) is 48.6 Å². The number of aliphatic hydroxyl groups is 1. The molecule has 1 fully saturated rings. The van der Waals surface area contributed by atoms with E-state index in [1.807, 2.05) is 51.1 Å². The summed E-state index contributed by atoms with van der Waals surface area (Å²) in [6.07, 6.45) is 7.65. The van der Waals surface area contributed by atoms with Crippen LogP contribution in [0, 0.1) is 5.92 Å². The molecule has 1 aliphatic heterocycles. The second-order valence-corrected chi connectivity index (χ2v) is 13.4. The Morgan fingerprint density at radius 1 is 1.02 bits per heavy atom. The third kappa shape index (κ3) is 11.0. The van der Waals surface area contributed by atoms with Crippen molar-refractivity contribution >= 4 is 23.5 Å². The normalized spacial score (nSPS) is 22.3. The van der Waals surface area contributed by atoms with Gasteiger partial charge >= 0.3 is 6.03 Å². The van der Waals surface area contributed by atoms with E-state index in [1.54, 1.807) is 35.0 Å². The van der Waals surface area contributed by atoms with Crippen LogP contribution in [0.4, 0.5) is 10.5 Å². The molecule has 10 nitrogen and oxygen atoms in total. The zero-order valence-corrected chi connectivity index (χ0v) is 28.6. The first kappa shape index (κ1) is 36.2. The Labute approximate surface area is 280 Å². The number of carbonyl (C=O) groups excluding carboxylic acids is 3. The van der Waals surface area contributed by atoms with Crippen molar-refractivity contribution in [2.75, 3.05) is 38.7 Å². The summed E-state index contributed by atoms with van der Waals surface area (Å²) < 4.78 is 12.7. The van der Waals surface area contributed by atoms with Crippen LogP contribution < -0.4 is 15.4 Å². The van der Waals surface area contributed by atoms with Crippen LogP contribution in [0.15, 0.2) is 48.5 Å². The number of aliphatic hydroxyl groups excluding tert-OH is 1. The van der Waals surface area contributed by atoms with Gasteiger partial charge in [-0.05, 0) is 69.7 Å². The maximum absolute atomic E-state index is 14.4. The lowest BCUT2D eigenvalue weighted by atomic mass is 9.96. The predicted octanol–water partition coefficient (Wildman–Crippen LogP) is 5.64. The third-order valence-corrected chi connectivity index (χ3v) is 9.33. The Morgan fingerprint density at radius 2 is 1.74 bits per heavy atom. The number of hydrogen-bond acceptors (Lipinski definition) is 6. The molecule has 3 N–H and O–H groups in total. The van der Waals surface area contributed by atoms with Gasteiger partial charge < -0.3 is 35.0 Å². The first-order chi connectivity index (χ1) is 22.6. The van der Waals surface area contributed by atoms with Gasteiger partial charge in [-0.25, -0.2) is 4.79 Å². The number of amides is 4. The topological polar surface area (TPSA) is 120 Å². The highest BCUT2D eigenvalue weighted by Crippen LogP contribution is 2.29. The Hall–Kier alpha value is -3.63. The number of benzene rings is 2. The minimum absolute atomic E-state index is 0.00415. The monoisotopic (exact) mass is 650 g/mol. The lowest BCUT2D eigenvalue weighted by Gasteiger charge is -2.36. The standard InChI is InChI=1S/C37H54N4O6/c1-26-23-41(27(2)25-42)36(44)32-22-31(39-37(45)38-30-16-9-6-10-17-30)18-19-33(32)47-28(3)13-11-12-20-46-34(26)24-40(4)35(43)21-29-14-7-5-8-15-29/h5,7-8,14-15,18-19,22,26-28,30,34,42H,6,9-13,16-17,20-21,23-25H2,1-4H3,(H2,38,39,45)/t26-,27+,28+,34+/m1/s1. The first-order valence-electron chi connectivity index (χ1n) is 17.3. The molecule has 0 unspecified atom stereocenters. The number of anilines is 1. The minimum atomic E-state index is -0.493. The van der Waals surface area contributed by atoms with Gasteiger partial charge in [0.15, 0.2) is 0 Å². The molecule has 0 spiro atoms. The van der Waals surface area contributed by atoms with Gasteiger partial charge in [0, 0.05) is 44.4 Å². The van der Waals surface area contributed by atoms with Gasteiger partial charge in [0.25, 0.3) is 5.91 Å². The van der Waals surface area contributed by atoms with Crippen LogP contribution in [0.1, 0.15) is 88.1 Å². The van der Waals surface area contributed by atoms with Crippen LogP contribution in [-0.2, 0) is 16.0 Å². The SMILES string of the molecule is C[C@@H]1CN([C@@H](C)CO)C(=O)c2cc(NC(=O)NC3CCCCC3)ccc2O[C@@H](C)CCCCO[C@H]1CN(C)C(=O)Cc1ccccc1. The van der Waals surface area contributed by atoms with Crippen molar-refractivity contribution in [1.29, 1.82) is 0 Å². The van der Waals surface area contributed by atoms with E-state index in [1.165, 1.54) is 6.42 Å². The number of likely N-dealkylation sites (N-methyl/N-ethyl adjacent to an activating group) is 1. The molecule has 10 heteroatoms. The number of nitrogens with one attached hydrogen (secondary N) is 2. The number of ether oxygens (including phenoxy) is 2. The molecule has 0 saturated heterocycles. The molecule has 0 radical (unpaired) electrons. The molecular formula is C37H54N4O6. The highest BCUT2D eigenvalue weighted by atomic mass is 16.5. The summed E-state index contributed by atoms with van der Waals surface area (Å²) in [4.78, 5) is 43.7. The van der Waals surface area contributed by atoms with Crippen LogP contribution in [-0.4, -0.2) is 90.4 Å². The summed E-state index contributed by atoms with van der Waals surface area (Å²) in [7, 11) is 1.79. The molecule has 2 aliphatic rings. The van der Waals surface area contributed by atoms with Crippen LogP contribution >= 0.6 is 0 Å². The fourth-order valence-corrected chi connectivity index (χ4v) is 6.34. The molecule has 4 atom stereocenters. The molecule has 2 aromatic rings. The number of rotatable bonds is 8. The largest absolute Gasteiger partial charge is 0.490 e. The number of carbonyl (C=O) groups is 3. The number of fused-ring (bicyclic) bond motifs is 1. The average Bonchev–Trinajstić information content (AvgIpc) is 3.06. The van der Waals surface area contributed by atoms with E-state index in [0.29, 0.717) is 43.1 Å². The van der Waals surface area contributed by atoms with Crippen LogP contribution in [0.2, 0.25) is 0 Å². The predicted molar refractivity (Wildman–Crippen MR) is 184 cm³/mol. The molecular weight excluding hydrogens is 596 g/mol. The van der Waals surface area contributed by atoms with Crippen molar-refractivity contribution in [2.45, 2.75) is 103 Å². The lowest BCUT2D eigenvalue weighted by molar-refractivity contribution is -0.131. The first-order valence-corrected chi connectivity index (χ1v) is 17.3. The molecule has 4 rings (SSSR count). The molecule has 1 aliphatic carbocycles. The van der Waals surface area contributed by atoms with Gasteiger partial charge in [-0.15, -0.1) is 0 Å². The average molecular weight is 651 g/mol. The third-order valence-electron chi connectivity index (χ3n) is 9.33. The van der Waals surface area contributed by atoms with Gasteiger partial charge in [0.2, 0.25) is 5.91 Å². The summed E-state index contributed by atoms with van der Waals surface area (Å²) in [5.74, 6) is -0.0230. The smallest absolute Gasteiger partial charge is 0.319 e. The fraction of sp³-hybridized carbons (Fsp3) is 0.595. The molecule has 1 heterocycles. The van der Waals surface area contributed by atoms with Crippen LogP contribution in [0.3, 0.4) is 0 Å². The zero-order chi connectivity index (χ0) is 33.8. The van der Waals surface area contributed by atoms with Gasteiger partial charge in [0.1, 0.15) is 5.75 Å². The second-order valence-electron chi connectivity index (χ2n) is 13.4. The van der Waals surface area contributed by atoms with Gasteiger partial charge in [-0.2, -0.15) is 0 Å². The maximum Gasteiger partial charge on any atom is 0.319 e. The van der Waals surface area contributed by atoms with Gasteiger partial charge in [-0.3, -0.25) is 9.59 Å². The highest BCUT2D eigenvalue weighted by molar-refractivity contribution is 5.99. The van der Waals surface area contributed by atoms with Crippen LogP contribution in [0.25, 0.3) is 0 Å². The summed E-state index contributed by atoms with van der Waals surface area (Å²) >= 11 is 0. The Morgan fingerprint density at radius 3 is 2.47 bits per heavy atom. The van der Waals surface area contributed by atoms with E-state index in [9.17, 15) is 19.5 Å². The second kappa shape index (κ2) is 18.1.